The van der Waals surface area contributed by atoms with E-state index in [-0.39, 0.29) is 18.5 Å². The van der Waals surface area contributed by atoms with Gasteiger partial charge in [0, 0.05) is 37.5 Å². The van der Waals surface area contributed by atoms with Crippen LogP contribution in [0.15, 0.2) is 53.5 Å². The van der Waals surface area contributed by atoms with Crippen molar-refractivity contribution in [3.8, 4) is 0 Å². The van der Waals surface area contributed by atoms with Crippen LogP contribution in [0, 0.1) is 0 Å². The molecule has 1 aliphatic rings. The van der Waals surface area contributed by atoms with Crippen LogP contribution in [-0.2, 0) is 23.6 Å². The molecule has 178 valence electrons. The number of aliphatic imine (C=N–C) groups is 1. The minimum Gasteiger partial charge on any atom is -0.350 e. The number of benzene rings is 2. The smallest absolute Gasteiger partial charge is 0.350 e. The van der Waals surface area contributed by atoms with Crippen molar-refractivity contribution in [3.63, 3.8) is 0 Å². The summed E-state index contributed by atoms with van der Waals surface area (Å²) in [6.07, 6.45) is -9.30. The second-order valence-electron chi connectivity index (χ2n) is 7.52. The molecule has 0 saturated carbocycles. The summed E-state index contributed by atoms with van der Waals surface area (Å²) in [5, 5.41) is 2.92. The molecular formula is C22H21F6N3OS. The number of carbonyl (C=O) groups is 1. The van der Waals surface area contributed by atoms with E-state index in [9.17, 15) is 31.1 Å². The lowest BCUT2D eigenvalue weighted by Gasteiger charge is -2.21. The maximum atomic E-state index is 13.0. The van der Waals surface area contributed by atoms with Crippen molar-refractivity contribution in [3.05, 3.63) is 65.2 Å². The van der Waals surface area contributed by atoms with Gasteiger partial charge < -0.3 is 10.2 Å². The lowest BCUT2D eigenvalue weighted by molar-refractivity contribution is -0.143. The largest absolute Gasteiger partial charge is 0.416 e. The fourth-order valence-corrected chi connectivity index (χ4v) is 4.49. The molecule has 1 amide bonds. The molecule has 1 fully saturated rings. The molecule has 2 aromatic carbocycles. The van der Waals surface area contributed by atoms with Crippen LogP contribution in [0.25, 0.3) is 0 Å². The second-order valence-corrected chi connectivity index (χ2v) is 8.51. The molecule has 0 spiro atoms. The Morgan fingerprint density at radius 2 is 1.67 bits per heavy atom. The van der Waals surface area contributed by atoms with E-state index in [0.717, 1.165) is 17.2 Å². The van der Waals surface area contributed by atoms with Crippen molar-refractivity contribution in [1.82, 2.24) is 4.90 Å². The van der Waals surface area contributed by atoms with E-state index in [2.05, 4.69) is 10.3 Å². The number of carbonyl (C=O) groups excluding carboxylic acids is 1. The average molecular weight is 489 g/mol. The van der Waals surface area contributed by atoms with Gasteiger partial charge in [-0.05, 0) is 30.2 Å². The number of hydrogen-bond donors (Lipinski definition) is 1. The highest BCUT2D eigenvalue weighted by molar-refractivity contribution is 8.14. The molecule has 1 N–H and O–H groups in total. The monoisotopic (exact) mass is 489 g/mol. The minimum atomic E-state index is -4.98. The first-order valence-corrected chi connectivity index (χ1v) is 11.0. The molecule has 2 aromatic rings. The predicted octanol–water partition coefficient (Wildman–Crippen LogP) is 5.70. The molecule has 33 heavy (non-hydrogen) atoms. The zero-order chi connectivity index (χ0) is 24.2. The highest BCUT2D eigenvalue weighted by atomic mass is 32.2. The summed E-state index contributed by atoms with van der Waals surface area (Å²) in [7, 11) is 1.76. The quantitative estimate of drug-likeness (QED) is 0.530. The van der Waals surface area contributed by atoms with Gasteiger partial charge >= 0.3 is 12.4 Å². The maximum Gasteiger partial charge on any atom is 0.416 e. The van der Waals surface area contributed by atoms with Gasteiger partial charge in [0.05, 0.1) is 11.1 Å². The maximum absolute atomic E-state index is 13.0. The van der Waals surface area contributed by atoms with Gasteiger partial charge in [-0.2, -0.15) is 26.3 Å². The molecule has 1 aliphatic heterocycles. The van der Waals surface area contributed by atoms with Gasteiger partial charge in [0.1, 0.15) is 0 Å². The number of rotatable bonds is 6. The fraction of sp³-hybridized carbons (Fsp3) is 0.364. The van der Waals surface area contributed by atoms with Gasteiger partial charge in [-0.3, -0.25) is 9.79 Å². The molecule has 3 rings (SSSR count). The van der Waals surface area contributed by atoms with E-state index in [1.165, 1.54) is 11.8 Å². The van der Waals surface area contributed by atoms with Gasteiger partial charge in [0.15, 0.2) is 5.17 Å². The number of alkyl halides is 6. The molecule has 0 aromatic heterocycles. The van der Waals surface area contributed by atoms with Gasteiger partial charge in [0.25, 0.3) is 0 Å². The first-order valence-electron chi connectivity index (χ1n) is 9.97. The molecule has 1 saturated heterocycles. The van der Waals surface area contributed by atoms with Crippen molar-refractivity contribution in [2.24, 2.45) is 4.99 Å². The molecule has 1 atom stereocenters. The Balaban J connectivity index is 1.62. The summed E-state index contributed by atoms with van der Waals surface area (Å²) in [5.74, 6) is -0.143. The van der Waals surface area contributed by atoms with E-state index >= 15 is 0 Å². The Labute approximate surface area is 191 Å². The predicted molar refractivity (Wildman–Crippen MR) is 116 cm³/mol. The summed E-state index contributed by atoms with van der Waals surface area (Å²) in [6, 6.07) is 10.5. The van der Waals surface area contributed by atoms with Crippen LogP contribution >= 0.6 is 11.8 Å². The van der Waals surface area contributed by atoms with Gasteiger partial charge in [-0.1, -0.05) is 42.1 Å². The summed E-state index contributed by atoms with van der Waals surface area (Å²) in [4.78, 5) is 18.7. The molecule has 0 bridgehead atoms. The normalized spacial score (nSPS) is 18.1. The number of halogens is 6. The SMILES string of the molecule is CN1C(=NCCc2ccccc2)SCC1CC(=O)Nc1cc(C(F)(F)F)cc(C(F)(F)F)c1. The van der Waals surface area contributed by atoms with Crippen LogP contribution in [0.4, 0.5) is 32.0 Å². The fourth-order valence-electron chi connectivity index (χ4n) is 3.27. The summed E-state index contributed by atoms with van der Waals surface area (Å²) in [5.41, 5.74) is -2.36. The van der Waals surface area contributed by atoms with Crippen molar-refractivity contribution in [1.29, 1.82) is 0 Å². The van der Waals surface area contributed by atoms with Gasteiger partial charge in [-0.15, -0.1) is 0 Å². The summed E-state index contributed by atoms with van der Waals surface area (Å²) in [6.45, 7) is 0.556. The van der Waals surface area contributed by atoms with E-state index in [1.807, 2.05) is 35.2 Å². The van der Waals surface area contributed by atoms with Crippen molar-refractivity contribution < 1.29 is 31.1 Å². The lowest BCUT2D eigenvalue weighted by Crippen LogP contribution is -2.33. The van der Waals surface area contributed by atoms with E-state index in [1.54, 1.807) is 7.05 Å². The Bertz CT molecular complexity index is 975. The third-order valence-electron chi connectivity index (χ3n) is 5.04. The third kappa shape index (κ3) is 6.89. The zero-order valence-corrected chi connectivity index (χ0v) is 18.3. The Morgan fingerprint density at radius 3 is 2.24 bits per heavy atom. The minimum absolute atomic E-state index is 0.0230. The van der Waals surface area contributed by atoms with Crippen LogP contribution in [0.2, 0.25) is 0 Å². The molecule has 1 heterocycles. The number of anilines is 1. The van der Waals surface area contributed by atoms with E-state index < -0.39 is 35.1 Å². The molecule has 0 radical (unpaired) electrons. The van der Waals surface area contributed by atoms with Crippen molar-refractivity contribution in [2.45, 2.75) is 31.2 Å². The van der Waals surface area contributed by atoms with Crippen LogP contribution in [0.3, 0.4) is 0 Å². The topological polar surface area (TPSA) is 44.7 Å². The first-order chi connectivity index (χ1) is 15.4. The number of nitrogens with zero attached hydrogens (tertiary/aromatic N) is 2. The Morgan fingerprint density at radius 1 is 1.06 bits per heavy atom. The second kappa shape index (κ2) is 10.1. The molecule has 4 nitrogen and oxygen atoms in total. The highest BCUT2D eigenvalue weighted by Gasteiger charge is 2.37. The van der Waals surface area contributed by atoms with Crippen molar-refractivity contribution in [2.75, 3.05) is 24.7 Å². The molecule has 1 unspecified atom stereocenters. The standard InChI is InChI=1S/C22H21F6N3OS/c1-31-18(13-33-20(31)29-8-7-14-5-3-2-4-6-14)12-19(32)30-17-10-15(21(23,24)25)9-16(11-17)22(26,27)28/h2-6,9-11,18H,7-8,12-13H2,1H3,(H,30,32). The third-order valence-corrected chi connectivity index (χ3v) is 6.26. The van der Waals surface area contributed by atoms with Crippen LogP contribution in [0.5, 0.6) is 0 Å². The van der Waals surface area contributed by atoms with E-state index in [4.69, 9.17) is 0 Å². The summed E-state index contributed by atoms with van der Waals surface area (Å²) < 4.78 is 78.0. The molecule has 11 heteroatoms. The lowest BCUT2D eigenvalue weighted by atomic mass is 10.1. The van der Waals surface area contributed by atoms with Crippen LogP contribution in [0.1, 0.15) is 23.1 Å². The van der Waals surface area contributed by atoms with Crippen LogP contribution < -0.4 is 5.32 Å². The first kappa shape index (κ1) is 24.9. The molecular weight excluding hydrogens is 468 g/mol. The number of thioether (sulfide) groups is 1. The van der Waals surface area contributed by atoms with E-state index in [0.29, 0.717) is 24.4 Å². The number of amides is 1. The Kier molecular flexibility index (Phi) is 7.61. The average Bonchev–Trinajstić information content (AvgIpc) is 3.06. The summed E-state index contributed by atoms with van der Waals surface area (Å²) >= 11 is 1.45. The number of amidine groups is 1. The number of hydrogen-bond acceptors (Lipinski definition) is 3. The van der Waals surface area contributed by atoms with Crippen molar-refractivity contribution >= 4 is 28.5 Å². The molecule has 0 aliphatic carbocycles. The van der Waals surface area contributed by atoms with Gasteiger partial charge in [0.2, 0.25) is 5.91 Å². The number of nitrogens with one attached hydrogen (secondary N) is 1. The highest BCUT2D eigenvalue weighted by Crippen LogP contribution is 2.37. The zero-order valence-electron chi connectivity index (χ0n) is 17.5. The Hall–Kier alpha value is -2.69. The van der Waals surface area contributed by atoms with Crippen LogP contribution in [-0.4, -0.2) is 41.4 Å². The van der Waals surface area contributed by atoms with Gasteiger partial charge in [-0.25, -0.2) is 0 Å².